The average molecular weight is 685 g/mol. The zero-order chi connectivity index (χ0) is 31.9. The Labute approximate surface area is 260 Å². The van der Waals surface area contributed by atoms with Crippen LogP contribution in [-0.4, -0.2) is 67.4 Å². The molecule has 0 fully saturated rings. The fraction of sp³-hybridized carbons (Fsp3) is 0.333. The third-order valence-electron chi connectivity index (χ3n) is 5.19. The smallest absolute Gasteiger partial charge is 0.413 e. The third-order valence-corrected chi connectivity index (χ3v) is 6.02. The Kier molecular flexibility index (Phi) is 14.2. The van der Waals surface area contributed by atoms with Crippen LogP contribution in [0.5, 0.6) is 5.75 Å². The number of esters is 1. The standard InChI is InChI=1S/C27H31BrClN5O9/c1-4-41-22(36)13-20(18-11-16(29)12-19(28)23(18)37)32-21(35)14-30-24(38)15-8-7-9-17(10-15)31-25(33-26(39)42-5-2)34-27(40)43-6-3/h7-12,20,37H,4-6,13-14H2,1-3H3,(H,30,38)(H,32,35)(H2,31,33,34,39,40). The van der Waals surface area contributed by atoms with Gasteiger partial charge in [-0.05, 0) is 67.0 Å². The number of carbonyl (C=O) groups excluding carboxylic acids is 5. The SMILES string of the molecule is CCOC(=O)CC(NC(=O)CNC(=O)c1cccc(N=C(NC(=O)OCC)NC(=O)OCC)c1)c1cc(Cl)cc(Br)c1O. The van der Waals surface area contributed by atoms with E-state index in [2.05, 4.69) is 42.2 Å². The summed E-state index contributed by atoms with van der Waals surface area (Å²) >= 11 is 9.28. The van der Waals surface area contributed by atoms with Crippen molar-refractivity contribution in [3.8, 4) is 5.75 Å². The molecule has 0 aromatic heterocycles. The minimum Gasteiger partial charge on any atom is -0.506 e. The number of rotatable bonds is 11. The summed E-state index contributed by atoms with van der Waals surface area (Å²) < 4.78 is 14.8. The highest BCUT2D eigenvalue weighted by Crippen LogP contribution is 2.36. The normalized spacial score (nSPS) is 10.9. The predicted octanol–water partition coefficient (Wildman–Crippen LogP) is 3.83. The summed E-state index contributed by atoms with van der Waals surface area (Å²) in [6, 6.07) is 7.62. The number of aliphatic imine (C=N–C) groups is 1. The lowest BCUT2D eigenvalue weighted by molar-refractivity contribution is -0.143. The monoisotopic (exact) mass is 683 g/mol. The molecule has 1 unspecified atom stereocenters. The molecule has 0 aliphatic rings. The van der Waals surface area contributed by atoms with Crippen LogP contribution in [0.1, 0.15) is 49.2 Å². The Morgan fingerprint density at radius 1 is 0.953 bits per heavy atom. The van der Waals surface area contributed by atoms with E-state index in [1.165, 1.54) is 36.4 Å². The fourth-order valence-corrected chi connectivity index (χ4v) is 4.28. The number of halogens is 2. The highest BCUT2D eigenvalue weighted by atomic mass is 79.9. The van der Waals surface area contributed by atoms with Gasteiger partial charge >= 0.3 is 18.2 Å². The number of phenolic OH excluding ortho intramolecular Hbond substituents is 1. The van der Waals surface area contributed by atoms with Crippen LogP contribution >= 0.6 is 27.5 Å². The third kappa shape index (κ3) is 11.8. The number of guanidine groups is 1. The molecule has 5 N–H and O–H groups in total. The molecule has 232 valence electrons. The zero-order valence-electron chi connectivity index (χ0n) is 23.5. The molecular formula is C27H31BrClN5O9. The molecule has 2 aromatic rings. The van der Waals surface area contributed by atoms with Crippen molar-refractivity contribution in [2.45, 2.75) is 33.2 Å². The van der Waals surface area contributed by atoms with Crippen LogP contribution in [0.2, 0.25) is 5.02 Å². The maximum atomic E-state index is 12.8. The number of ether oxygens (including phenoxy) is 3. The largest absolute Gasteiger partial charge is 0.506 e. The molecule has 0 aliphatic heterocycles. The average Bonchev–Trinajstić information content (AvgIpc) is 2.93. The second-order valence-corrected chi connectivity index (χ2v) is 9.63. The number of nitrogens with zero attached hydrogens (tertiary/aromatic N) is 1. The topological polar surface area (TPSA) is 194 Å². The van der Waals surface area contributed by atoms with E-state index in [1.807, 2.05) is 0 Å². The Morgan fingerprint density at radius 2 is 1.58 bits per heavy atom. The minimum absolute atomic E-state index is 0.0725. The molecule has 0 aliphatic carbocycles. The van der Waals surface area contributed by atoms with Gasteiger partial charge in [0.1, 0.15) is 5.75 Å². The fourth-order valence-electron chi connectivity index (χ4n) is 3.45. The molecule has 43 heavy (non-hydrogen) atoms. The van der Waals surface area contributed by atoms with Crippen LogP contribution < -0.4 is 21.3 Å². The van der Waals surface area contributed by atoms with Gasteiger partial charge in [0.05, 0.1) is 49.0 Å². The molecule has 0 radical (unpaired) electrons. The molecule has 16 heteroatoms. The van der Waals surface area contributed by atoms with Crippen LogP contribution in [0.3, 0.4) is 0 Å². The molecule has 2 rings (SSSR count). The molecule has 0 bridgehead atoms. The maximum absolute atomic E-state index is 12.8. The first kappa shape index (κ1) is 34.8. The second-order valence-electron chi connectivity index (χ2n) is 8.34. The minimum atomic E-state index is -1.02. The van der Waals surface area contributed by atoms with Crippen molar-refractivity contribution in [2.75, 3.05) is 26.4 Å². The molecular weight excluding hydrogens is 654 g/mol. The summed E-state index contributed by atoms with van der Waals surface area (Å²) in [6.07, 6.45) is -2.06. The number of aromatic hydroxyl groups is 1. The van der Waals surface area contributed by atoms with Crippen LogP contribution in [-0.2, 0) is 23.8 Å². The quantitative estimate of drug-likeness (QED) is 0.101. The van der Waals surface area contributed by atoms with E-state index >= 15 is 0 Å². The first-order valence-electron chi connectivity index (χ1n) is 12.9. The maximum Gasteiger partial charge on any atom is 0.413 e. The van der Waals surface area contributed by atoms with E-state index in [4.69, 9.17) is 25.8 Å². The summed E-state index contributed by atoms with van der Waals surface area (Å²) in [7, 11) is 0. The van der Waals surface area contributed by atoms with Crippen LogP contribution in [0.4, 0.5) is 15.3 Å². The molecule has 0 spiro atoms. The summed E-state index contributed by atoms with van der Waals surface area (Å²) in [6.45, 7) is 4.59. The van der Waals surface area contributed by atoms with Crippen molar-refractivity contribution in [3.05, 3.63) is 57.0 Å². The van der Waals surface area contributed by atoms with E-state index in [0.29, 0.717) is 0 Å². The van der Waals surface area contributed by atoms with E-state index in [9.17, 15) is 29.1 Å². The Bertz CT molecular complexity index is 1350. The van der Waals surface area contributed by atoms with E-state index < -0.39 is 42.6 Å². The first-order chi connectivity index (χ1) is 20.5. The molecule has 2 aromatic carbocycles. The van der Waals surface area contributed by atoms with Crippen molar-refractivity contribution in [1.29, 1.82) is 0 Å². The summed E-state index contributed by atoms with van der Waals surface area (Å²) in [4.78, 5) is 65.6. The number of phenols is 1. The van der Waals surface area contributed by atoms with Gasteiger partial charge in [-0.15, -0.1) is 0 Å². The van der Waals surface area contributed by atoms with Gasteiger partial charge in [-0.25, -0.2) is 14.6 Å². The molecule has 1 atom stereocenters. The molecule has 14 nitrogen and oxygen atoms in total. The van der Waals surface area contributed by atoms with Crippen molar-refractivity contribution in [1.82, 2.24) is 21.3 Å². The summed E-state index contributed by atoms with van der Waals surface area (Å²) in [5.74, 6) is -2.49. The second kappa shape index (κ2) is 17.6. The van der Waals surface area contributed by atoms with Crippen molar-refractivity contribution in [3.63, 3.8) is 0 Å². The zero-order valence-corrected chi connectivity index (χ0v) is 25.8. The lowest BCUT2D eigenvalue weighted by atomic mass is 10.0. The number of hydrogen-bond acceptors (Lipinski definition) is 10. The number of alkyl carbamates (subject to hydrolysis) is 2. The number of nitrogens with one attached hydrogen (secondary N) is 4. The van der Waals surface area contributed by atoms with Gasteiger partial charge in [0.2, 0.25) is 11.9 Å². The molecule has 0 saturated carbocycles. The van der Waals surface area contributed by atoms with Crippen molar-refractivity contribution >= 4 is 69.1 Å². The van der Waals surface area contributed by atoms with Gasteiger partial charge in [0.25, 0.3) is 5.91 Å². The van der Waals surface area contributed by atoms with Crippen LogP contribution in [0, 0.1) is 0 Å². The highest BCUT2D eigenvalue weighted by Gasteiger charge is 2.24. The van der Waals surface area contributed by atoms with Crippen molar-refractivity contribution in [2.24, 2.45) is 4.99 Å². The number of hydrogen-bond donors (Lipinski definition) is 5. The van der Waals surface area contributed by atoms with E-state index in [0.717, 1.165) is 0 Å². The number of amides is 4. The number of benzene rings is 2. The van der Waals surface area contributed by atoms with Gasteiger partial charge in [-0.1, -0.05) is 17.7 Å². The first-order valence-corrected chi connectivity index (χ1v) is 14.1. The number of carbonyl (C=O) groups is 5. The molecule has 0 heterocycles. The van der Waals surface area contributed by atoms with Crippen LogP contribution in [0.25, 0.3) is 0 Å². The predicted molar refractivity (Wildman–Crippen MR) is 159 cm³/mol. The molecule has 0 saturated heterocycles. The van der Waals surface area contributed by atoms with Gasteiger partial charge in [0.15, 0.2) is 0 Å². The van der Waals surface area contributed by atoms with Gasteiger partial charge in [-0.2, -0.15) is 0 Å². The van der Waals surface area contributed by atoms with Crippen LogP contribution in [0.15, 0.2) is 45.9 Å². The summed E-state index contributed by atoms with van der Waals surface area (Å²) in [5, 5.41) is 20.3. The van der Waals surface area contributed by atoms with E-state index in [1.54, 1.807) is 20.8 Å². The Balaban J connectivity index is 2.17. The van der Waals surface area contributed by atoms with E-state index in [-0.39, 0.29) is 64.3 Å². The Morgan fingerprint density at radius 3 is 2.19 bits per heavy atom. The Hall–Kier alpha value is -4.37. The lowest BCUT2D eigenvalue weighted by Crippen LogP contribution is -2.44. The molecule has 4 amide bonds. The summed E-state index contributed by atoms with van der Waals surface area (Å²) in [5.41, 5.74) is 0.429. The van der Waals surface area contributed by atoms with Crippen molar-refractivity contribution < 1.29 is 43.3 Å². The van der Waals surface area contributed by atoms with Gasteiger partial charge in [0, 0.05) is 16.1 Å². The van der Waals surface area contributed by atoms with Gasteiger partial charge in [-0.3, -0.25) is 25.0 Å². The lowest BCUT2D eigenvalue weighted by Gasteiger charge is -2.20. The highest BCUT2D eigenvalue weighted by molar-refractivity contribution is 9.10. The van der Waals surface area contributed by atoms with Gasteiger partial charge < -0.3 is 30.0 Å².